The molecule has 51 heavy (non-hydrogen) atoms. The van der Waals surface area contributed by atoms with Crippen LogP contribution in [0.25, 0.3) is 66.1 Å². The Bertz CT molecular complexity index is 2790. The highest BCUT2D eigenvalue weighted by Gasteiger charge is 2.48. The number of fused-ring (bicyclic) bond motifs is 12. The van der Waals surface area contributed by atoms with Gasteiger partial charge in [-0.3, -0.25) is 0 Å². The Morgan fingerprint density at radius 2 is 1.04 bits per heavy atom. The maximum absolute atomic E-state index is 2.57. The molecule has 3 aliphatic rings. The van der Waals surface area contributed by atoms with Gasteiger partial charge in [-0.25, -0.2) is 0 Å². The third-order valence-corrected chi connectivity index (χ3v) is 12.7. The molecule has 8 aromatic carbocycles. The van der Waals surface area contributed by atoms with Crippen LogP contribution in [0.2, 0.25) is 0 Å². The van der Waals surface area contributed by atoms with E-state index in [9.17, 15) is 0 Å². The van der Waals surface area contributed by atoms with Gasteiger partial charge in [-0.2, -0.15) is 0 Å². The molecule has 0 aromatic heterocycles. The molecule has 0 N–H and O–H groups in total. The molecule has 0 bridgehead atoms. The average molecular weight is 651 g/mol. The predicted molar refractivity (Wildman–Crippen MR) is 215 cm³/mol. The van der Waals surface area contributed by atoms with Crippen molar-refractivity contribution in [3.63, 3.8) is 0 Å². The van der Waals surface area contributed by atoms with E-state index in [1.807, 2.05) is 0 Å². The van der Waals surface area contributed by atoms with Gasteiger partial charge in [0.1, 0.15) is 0 Å². The van der Waals surface area contributed by atoms with Crippen LogP contribution in [0.1, 0.15) is 59.2 Å². The minimum Gasteiger partial charge on any atom is -0.0620 e. The topological polar surface area (TPSA) is 0 Å². The normalized spacial score (nSPS) is 17.4. The quantitative estimate of drug-likeness (QED) is 0.163. The maximum atomic E-state index is 2.57. The SMILES string of the molecule is Cc1ccc2c(-c3ccc4c(c3)C3(CCc5ccccc53)c3ccccc3-4)c3ccccc3c(-c3cccc4c3-c3ccccc3C4(C)C)c2c1. The van der Waals surface area contributed by atoms with Gasteiger partial charge in [0.2, 0.25) is 0 Å². The van der Waals surface area contributed by atoms with Crippen molar-refractivity contribution in [2.75, 3.05) is 0 Å². The average Bonchev–Trinajstić information content (AvgIpc) is 3.77. The number of aryl methyl sites for hydroxylation is 2. The van der Waals surface area contributed by atoms with E-state index >= 15 is 0 Å². The van der Waals surface area contributed by atoms with Crippen molar-refractivity contribution >= 4 is 21.5 Å². The zero-order valence-electron chi connectivity index (χ0n) is 29.3. The molecule has 0 fully saturated rings. The molecule has 11 rings (SSSR count). The van der Waals surface area contributed by atoms with E-state index in [1.54, 1.807) is 0 Å². The summed E-state index contributed by atoms with van der Waals surface area (Å²) in [7, 11) is 0. The first-order valence-electron chi connectivity index (χ1n) is 18.5. The number of rotatable bonds is 2. The third-order valence-electron chi connectivity index (χ3n) is 12.7. The molecule has 242 valence electrons. The molecule has 1 unspecified atom stereocenters. The Balaban J connectivity index is 1.23. The van der Waals surface area contributed by atoms with Gasteiger partial charge < -0.3 is 0 Å². The molecule has 0 saturated heterocycles. The van der Waals surface area contributed by atoms with Gasteiger partial charge in [0.25, 0.3) is 0 Å². The Morgan fingerprint density at radius 1 is 0.412 bits per heavy atom. The molecule has 0 radical (unpaired) electrons. The van der Waals surface area contributed by atoms with Crippen molar-refractivity contribution in [1.82, 2.24) is 0 Å². The largest absolute Gasteiger partial charge is 0.0620 e. The Morgan fingerprint density at radius 3 is 1.88 bits per heavy atom. The first-order chi connectivity index (χ1) is 25.0. The molecule has 0 saturated carbocycles. The standard InChI is InChI=1S/C51H38/c1-31-23-25-38-41(29-31)48(40-18-12-22-45-49(40)39-17-8-10-20-43(39)50(45,2)3)37-16-6-5-15-36(37)47(38)33-24-26-35-34-14-7-11-21-44(34)51(46(35)30-33)28-27-32-13-4-9-19-42(32)51/h4-26,29-30H,27-28H2,1-3H3. The Kier molecular flexibility index (Phi) is 5.80. The van der Waals surface area contributed by atoms with Crippen molar-refractivity contribution < 1.29 is 0 Å². The smallest absolute Gasteiger partial charge is 0.0469 e. The minimum absolute atomic E-state index is 0.0553. The first-order valence-corrected chi connectivity index (χ1v) is 18.5. The van der Waals surface area contributed by atoms with Crippen LogP contribution in [0.4, 0.5) is 0 Å². The van der Waals surface area contributed by atoms with E-state index in [-0.39, 0.29) is 10.8 Å². The third kappa shape index (κ3) is 3.70. The van der Waals surface area contributed by atoms with Crippen molar-refractivity contribution in [3.05, 3.63) is 191 Å². The van der Waals surface area contributed by atoms with E-state index in [0.717, 1.165) is 12.8 Å². The van der Waals surface area contributed by atoms with Gasteiger partial charge in [-0.15, -0.1) is 0 Å². The van der Waals surface area contributed by atoms with Crippen LogP contribution in [0, 0.1) is 6.92 Å². The molecule has 0 heterocycles. The second kappa shape index (κ2) is 10.2. The summed E-state index contributed by atoms with van der Waals surface area (Å²) in [5.41, 5.74) is 20.6. The summed E-state index contributed by atoms with van der Waals surface area (Å²) < 4.78 is 0. The van der Waals surface area contributed by atoms with Crippen LogP contribution in [0.15, 0.2) is 152 Å². The molecule has 1 atom stereocenters. The molecule has 1 spiro atoms. The first kappa shape index (κ1) is 29.1. The fraction of sp³-hybridized carbons (Fsp3) is 0.137. The Hall–Kier alpha value is -5.72. The second-order valence-electron chi connectivity index (χ2n) is 15.6. The van der Waals surface area contributed by atoms with Gasteiger partial charge in [-0.05, 0) is 125 Å². The summed E-state index contributed by atoms with van der Waals surface area (Å²) in [4.78, 5) is 0. The van der Waals surface area contributed by atoms with Gasteiger partial charge in [-0.1, -0.05) is 165 Å². The lowest BCUT2D eigenvalue weighted by atomic mass is 9.73. The highest BCUT2D eigenvalue weighted by molar-refractivity contribution is 6.23. The highest BCUT2D eigenvalue weighted by Crippen LogP contribution is 2.60. The summed E-state index contributed by atoms with van der Waals surface area (Å²) in [5, 5.41) is 5.26. The van der Waals surface area contributed by atoms with E-state index in [2.05, 4.69) is 172 Å². The second-order valence-corrected chi connectivity index (χ2v) is 15.6. The van der Waals surface area contributed by atoms with Crippen LogP contribution >= 0.6 is 0 Å². The summed E-state index contributed by atoms with van der Waals surface area (Å²) in [5.74, 6) is 0. The summed E-state index contributed by atoms with van der Waals surface area (Å²) in [6.45, 7) is 7.00. The zero-order valence-corrected chi connectivity index (χ0v) is 29.3. The number of hydrogen-bond acceptors (Lipinski definition) is 0. The fourth-order valence-electron chi connectivity index (χ4n) is 10.6. The molecule has 0 amide bonds. The summed E-state index contributed by atoms with van der Waals surface area (Å²) in [6, 6.07) is 58.1. The van der Waals surface area contributed by atoms with Crippen LogP contribution in [-0.4, -0.2) is 0 Å². The van der Waals surface area contributed by atoms with Crippen molar-refractivity contribution in [2.24, 2.45) is 0 Å². The molecule has 0 nitrogen and oxygen atoms in total. The lowest BCUT2D eigenvalue weighted by Gasteiger charge is -2.29. The van der Waals surface area contributed by atoms with E-state index < -0.39 is 0 Å². The lowest BCUT2D eigenvalue weighted by molar-refractivity contribution is 0.626. The van der Waals surface area contributed by atoms with Gasteiger partial charge in [0, 0.05) is 10.8 Å². The predicted octanol–water partition coefficient (Wildman–Crippen LogP) is 13.2. The van der Waals surface area contributed by atoms with Gasteiger partial charge in [0.15, 0.2) is 0 Å². The lowest BCUT2D eigenvalue weighted by Crippen LogP contribution is -2.23. The molecular formula is C51H38. The van der Waals surface area contributed by atoms with E-state index in [1.165, 1.54) is 105 Å². The molecule has 3 aliphatic carbocycles. The van der Waals surface area contributed by atoms with E-state index in [0.29, 0.717) is 0 Å². The minimum atomic E-state index is -0.120. The molecule has 0 aliphatic heterocycles. The van der Waals surface area contributed by atoms with Crippen LogP contribution < -0.4 is 0 Å². The van der Waals surface area contributed by atoms with Gasteiger partial charge in [0.05, 0.1) is 0 Å². The maximum Gasteiger partial charge on any atom is 0.0469 e. The highest BCUT2D eigenvalue weighted by atomic mass is 14.5. The van der Waals surface area contributed by atoms with Crippen molar-refractivity contribution in [1.29, 1.82) is 0 Å². The monoisotopic (exact) mass is 650 g/mol. The van der Waals surface area contributed by atoms with Crippen LogP contribution in [0.3, 0.4) is 0 Å². The van der Waals surface area contributed by atoms with Crippen molar-refractivity contribution in [3.8, 4) is 44.5 Å². The summed E-state index contributed by atoms with van der Waals surface area (Å²) >= 11 is 0. The number of benzene rings is 8. The zero-order chi connectivity index (χ0) is 34.1. The molecule has 0 heteroatoms. The van der Waals surface area contributed by atoms with Crippen LogP contribution in [-0.2, 0) is 17.3 Å². The Labute approximate surface area is 300 Å². The van der Waals surface area contributed by atoms with Crippen LogP contribution in [0.5, 0.6) is 0 Å². The summed E-state index contributed by atoms with van der Waals surface area (Å²) in [6.07, 6.45) is 2.21. The van der Waals surface area contributed by atoms with Gasteiger partial charge >= 0.3 is 0 Å². The molecule has 8 aromatic rings. The molecular weight excluding hydrogens is 613 g/mol. The fourth-order valence-corrected chi connectivity index (χ4v) is 10.6. The van der Waals surface area contributed by atoms with E-state index in [4.69, 9.17) is 0 Å². The van der Waals surface area contributed by atoms with Crippen molar-refractivity contribution in [2.45, 2.75) is 44.4 Å². The number of hydrogen-bond donors (Lipinski definition) is 0.